The molecule has 0 aliphatic carbocycles. The lowest BCUT2D eigenvalue weighted by atomic mass is 10.1. The molecule has 120 valence electrons. The first-order valence-corrected chi connectivity index (χ1v) is 8.36. The van der Waals surface area contributed by atoms with Crippen LogP contribution in [0.1, 0.15) is 22.5 Å². The number of aromatic nitrogens is 3. The Balaban J connectivity index is 2.12. The van der Waals surface area contributed by atoms with E-state index < -0.39 is 0 Å². The molecule has 23 heavy (non-hydrogen) atoms. The summed E-state index contributed by atoms with van der Waals surface area (Å²) >= 11 is 1.60. The summed E-state index contributed by atoms with van der Waals surface area (Å²) in [5.74, 6) is -0.111. The molecule has 1 amide bonds. The number of hydrogen-bond donors (Lipinski definition) is 2. The maximum Gasteiger partial charge on any atom is 0.252 e. The maximum atomic E-state index is 12.6. The van der Waals surface area contributed by atoms with Crippen molar-refractivity contribution in [3.63, 3.8) is 0 Å². The van der Waals surface area contributed by atoms with Gasteiger partial charge in [-0.25, -0.2) is 4.98 Å². The zero-order valence-corrected chi connectivity index (χ0v) is 14.0. The lowest BCUT2D eigenvalue weighted by molar-refractivity contribution is 0.0955. The van der Waals surface area contributed by atoms with Crippen LogP contribution in [0.3, 0.4) is 0 Å². The SMILES string of the molecule is Cc1nn(C)c2nc(-c3cccs3)cc(C(=O)NCCCN)c12. The topological polar surface area (TPSA) is 85.8 Å². The summed E-state index contributed by atoms with van der Waals surface area (Å²) in [5, 5.41) is 10.1. The summed E-state index contributed by atoms with van der Waals surface area (Å²) in [6.07, 6.45) is 0.754. The third-order valence-corrected chi connectivity index (χ3v) is 4.55. The van der Waals surface area contributed by atoms with Gasteiger partial charge in [0.2, 0.25) is 0 Å². The van der Waals surface area contributed by atoms with Gasteiger partial charge in [0.1, 0.15) is 0 Å². The first-order valence-electron chi connectivity index (χ1n) is 7.48. The Hall–Kier alpha value is -2.25. The molecule has 0 aliphatic heterocycles. The van der Waals surface area contributed by atoms with Gasteiger partial charge in [-0.1, -0.05) is 6.07 Å². The molecule has 0 saturated carbocycles. The predicted octanol–water partition coefficient (Wildman–Crippen LogP) is 2.08. The minimum absolute atomic E-state index is 0.111. The van der Waals surface area contributed by atoms with E-state index in [-0.39, 0.29) is 5.91 Å². The van der Waals surface area contributed by atoms with Gasteiger partial charge in [0.15, 0.2) is 5.65 Å². The van der Waals surface area contributed by atoms with E-state index >= 15 is 0 Å². The summed E-state index contributed by atoms with van der Waals surface area (Å²) in [5.41, 5.74) is 8.41. The molecule has 3 rings (SSSR count). The van der Waals surface area contributed by atoms with E-state index in [1.807, 2.05) is 37.6 Å². The average Bonchev–Trinajstić information content (AvgIpc) is 3.16. The Bertz CT molecular complexity index is 838. The van der Waals surface area contributed by atoms with Crippen LogP contribution in [0.5, 0.6) is 0 Å². The summed E-state index contributed by atoms with van der Waals surface area (Å²) in [6.45, 7) is 3.01. The number of pyridine rings is 1. The Labute approximate surface area is 138 Å². The van der Waals surface area contributed by atoms with E-state index in [0.717, 1.165) is 33.7 Å². The van der Waals surface area contributed by atoms with Gasteiger partial charge in [-0.05, 0) is 37.4 Å². The molecule has 0 saturated heterocycles. The van der Waals surface area contributed by atoms with E-state index in [4.69, 9.17) is 5.73 Å². The molecular formula is C16H19N5OS. The number of carbonyl (C=O) groups is 1. The van der Waals surface area contributed by atoms with E-state index in [0.29, 0.717) is 18.7 Å². The molecule has 0 aromatic carbocycles. The summed E-state index contributed by atoms with van der Waals surface area (Å²) in [7, 11) is 1.84. The molecule has 0 bridgehead atoms. The Morgan fingerprint density at radius 3 is 3.00 bits per heavy atom. The van der Waals surface area contributed by atoms with Crippen molar-refractivity contribution in [2.45, 2.75) is 13.3 Å². The first-order chi connectivity index (χ1) is 11.1. The minimum atomic E-state index is -0.111. The summed E-state index contributed by atoms with van der Waals surface area (Å²) in [6, 6.07) is 5.82. The third kappa shape index (κ3) is 2.97. The van der Waals surface area contributed by atoms with Crippen molar-refractivity contribution >= 4 is 28.3 Å². The highest BCUT2D eigenvalue weighted by atomic mass is 32.1. The summed E-state index contributed by atoms with van der Waals surface area (Å²) in [4.78, 5) is 18.3. The number of thiophene rings is 1. The Kier molecular flexibility index (Phi) is 4.40. The molecule has 6 nitrogen and oxygen atoms in total. The molecule has 3 heterocycles. The first kappa shape index (κ1) is 15.6. The van der Waals surface area contributed by atoms with Crippen molar-refractivity contribution in [2.75, 3.05) is 13.1 Å². The van der Waals surface area contributed by atoms with Crippen LogP contribution in [0, 0.1) is 6.92 Å². The van der Waals surface area contributed by atoms with Crippen LogP contribution >= 0.6 is 11.3 Å². The molecular weight excluding hydrogens is 310 g/mol. The molecule has 0 radical (unpaired) electrons. The van der Waals surface area contributed by atoms with Gasteiger partial charge in [0, 0.05) is 13.6 Å². The lowest BCUT2D eigenvalue weighted by Gasteiger charge is -2.08. The second-order valence-corrected chi connectivity index (χ2v) is 6.29. The minimum Gasteiger partial charge on any atom is -0.352 e. The largest absolute Gasteiger partial charge is 0.352 e. The monoisotopic (exact) mass is 329 g/mol. The number of hydrogen-bond acceptors (Lipinski definition) is 5. The van der Waals surface area contributed by atoms with Gasteiger partial charge in [-0.15, -0.1) is 11.3 Å². The van der Waals surface area contributed by atoms with E-state index in [2.05, 4.69) is 15.4 Å². The number of nitrogens with one attached hydrogen (secondary N) is 1. The predicted molar refractivity (Wildman–Crippen MR) is 92.6 cm³/mol. The van der Waals surface area contributed by atoms with Gasteiger partial charge in [0.25, 0.3) is 5.91 Å². The summed E-state index contributed by atoms with van der Waals surface area (Å²) < 4.78 is 1.72. The van der Waals surface area contributed by atoms with E-state index in [1.165, 1.54) is 0 Å². The number of fused-ring (bicyclic) bond motifs is 1. The number of amides is 1. The van der Waals surface area contributed by atoms with Gasteiger partial charge in [0.05, 0.1) is 27.2 Å². The zero-order valence-electron chi connectivity index (χ0n) is 13.2. The van der Waals surface area contributed by atoms with E-state index in [9.17, 15) is 4.79 Å². The van der Waals surface area contributed by atoms with Crippen molar-refractivity contribution in [3.8, 4) is 10.6 Å². The Morgan fingerprint density at radius 1 is 1.48 bits per heavy atom. The second kappa shape index (κ2) is 6.47. The number of rotatable bonds is 5. The van der Waals surface area contributed by atoms with Crippen LogP contribution in [0.15, 0.2) is 23.6 Å². The van der Waals surface area contributed by atoms with Crippen LogP contribution in [-0.4, -0.2) is 33.8 Å². The second-order valence-electron chi connectivity index (χ2n) is 5.34. The smallest absolute Gasteiger partial charge is 0.252 e. The zero-order chi connectivity index (χ0) is 16.4. The van der Waals surface area contributed by atoms with Crippen molar-refractivity contribution in [1.29, 1.82) is 0 Å². The van der Waals surface area contributed by atoms with Crippen LogP contribution in [0.4, 0.5) is 0 Å². The van der Waals surface area contributed by atoms with Gasteiger partial charge < -0.3 is 11.1 Å². The van der Waals surface area contributed by atoms with Gasteiger partial charge in [-0.3, -0.25) is 9.48 Å². The third-order valence-electron chi connectivity index (χ3n) is 3.65. The average molecular weight is 329 g/mol. The fourth-order valence-corrected chi connectivity index (χ4v) is 3.26. The maximum absolute atomic E-state index is 12.6. The number of nitrogens with zero attached hydrogens (tertiary/aromatic N) is 3. The molecule has 0 spiro atoms. The molecule has 7 heteroatoms. The quantitative estimate of drug-likeness (QED) is 0.702. The van der Waals surface area contributed by atoms with Gasteiger partial charge in [-0.2, -0.15) is 5.10 Å². The molecule has 3 aromatic heterocycles. The lowest BCUT2D eigenvalue weighted by Crippen LogP contribution is -2.26. The normalized spacial score (nSPS) is 11.1. The van der Waals surface area contributed by atoms with Crippen LogP contribution in [-0.2, 0) is 7.05 Å². The van der Waals surface area contributed by atoms with Crippen molar-refractivity contribution in [1.82, 2.24) is 20.1 Å². The van der Waals surface area contributed by atoms with Crippen LogP contribution < -0.4 is 11.1 Å². The van der Waals surface area contributed by atoms with Crippen molar-refractivity contribution in [2.24, 2.45) is 12.8 Å². The standard InChI is InChI=1S/C16H19N5OS/c1-10-14-11(16(22)18-7-4-6-17)9-12(13-5-3-8-23-13)19-15(14)21(2)20-10/h3,5,8-9H,4,6-7,17H2,1-2H3,(H,18,22). The van der Waals surface area contributed by atoms with Crippen molar-refractivity contribution < 1.29 is 4.79 Å². The van der Waals surface area contributed by atoms with E-state index in [1.54, 1.807) is 16.0 Å². The molecule has 0 unspecified atom stereocenters. The van der Waals surface area contributed by atoms with Crippen LogP contribution in [0.25, 0.3) is 21.6 Å². The highest BCUT2D eigenvalue weighted by Gasteiger charge is 2.19. The number of aryl methyl sites for hydroxylation is 2. The highest BCUT2D eigenvalue weighted by molar-refractivity contribution is 7.13. The fourth-order valence-electron chi connectivity index (χ4n) is 2.57. The molecule has 0 aliphatic rings. The molecule has 0 fully saturated rings. The van der Waals surface area contributed by atoms with Gasteiger partial charge >= 0.3 is 0 Å². The van der Waals surface area contributed by atoms with Crippen molar-refractivity contribution in [3.05, 3.63) is 34.8 Å². The fraction of sp³-hybridized carbons (Fsp3) is 0.312. The molecule has 3 aromatic rings. The number of nitrogens with two attached hydrogens (primary N) is 1. The highest BCUT2D eigenvalue weighted by Crippen LogP contribution is 2.29. The number of carbonyl (C=O) groups excluding carboxylic acids is 1. The van der Waals surface area contributed by atoms with Crippen LogP contribution in [0.2, 0.25) is 0 Å². The molecule has 3 N–H and O–H groups in total. The Morgan fingerprint density at radius 2 is 2.30 bits per heavy atom. The molecule has 0 atom stereocenters.